The van der Waals surface area contributed by atoms with Crippen LogP contribution >= 0.6 is 23.1 Å². The number of hydrogen-bond donors (Lipinski definition) is 1. The van der Waals surface area contributed by atoms with Crippen LogP contribution in [0.2, 0.25) is 0 Å². The summed E-state index contributed by atoms with van der Waals surface area (Å²) in [6.07, 6.45) is 0. The first-order valence-electron chi connectivity index (χ1n) is 8.10. The van der Waals surface area contributed by atoms with Gasteiger partial charge in [-0.15, -0.1) is 10.2 Å². The molecule has 0 fully saturated rings. The van der Waals surface area contributed by atoms with Gasteiger partial charge in [0, 0.05) is 5.75 Å². The second-order valence-electron chi connectivity index (χ2n) is 5.75. The van der Waals surface area contributed by atoms with Gasteiger partial charge in [-0.05, 0) is 31.0 Å². The van der Waals surface area contributed by atoms with Crippen LogP contribution in [-0.2, 0) is 10.5 Å². The van der Waals surface area contributed by atoms with Crippen LogP contribution < -0.4 is 10.1 Å². The first-order chi connectivity index (χ1) is 12.6. The predicted octanol–water partition coefficient (Wildman–Crippen LogP) is 4.46. The van der Waals surface area contributed by atoms with Gasteiger partial charge in [0.15, 0.2) is 10.9 Å². The molecule has 2 aromatic carbocycles. The van der Waals surface area contributed by atoms with E-state index in [1.54, 1.807) is 11.8 Å². The van der Waals surface area contributed by atoms with Gasteiger partial charge in [0.2, 0.25) is 5.13 Å². The SMILES string of the molecule is Cc1ccc(OCC(=O)Nc2nnc(SCc3ccccc3)s2)c(C)c1. The van der Waals surface area contributed by atoms with E-state index < -0.39 is 0 Å². The average molecular weight is 386 g/mol. The topological polar surface area (TPSA) is 64.1 Å². The van der Waals surface area contributed by atoms with Gasteiger partial charge in [0.25, 0.3) is 5.91 Å². The number of rotatable bonds is 7. The molecule has 0 radical (unpaired) electrons. The van der Waals surface area contributed by atoms with Crippen molar-refractivity contribution < 1.29 is 9.53 Å². The van der Waals surface area contributed by atoms with Gasteiger partial charge in [-0.2, -0.15) is 0 Å². The van der Waals surface area contributed by atoms with Crippen molar-refractivity contribution in [3.8, 4) is 5.75 Å². The summed E-state index contributed by atoms with van der Waals surface area (Å²) >= 11 is 2.96. The van der Waals surface area contributed by atoms with Crippen LogP contribution in [0.5, 0.6) is 5.75 Å². The van der Waals surface area contributed by atoms with E-state index >= 15 is 0 Å². The standard InChI is InChI=1S/C19H19N3O2S2/c1-13-8-9-16(14(2)10-13)24-11-17(23)20-18-21-22-19(26-18)25-12-15-6-4-3-5-7-15/h3-10H,11-12H2,1-2H3,(H,20,21,23). The molecule has 0 aliphatic carbocycles. The molecule has 134 valence electrons. The minimum atomic E-state index is -0.249. The van der Waals surface area contributed by atoms with Crippen LogP contribution in [-0.4, -0.2) is 22.7 Å². The molecule has 3 aromatic rings. The zero-order valence-corrected chi connectivity index (χ0v) is 16.2. The lowest BCUT2D eigenvalue weighted by Gasteiger charge is -2.09. The van der Waals surface area contributed by atoms with Crippen molar-refractivity contribution in [1.29, 1.82) is 0 Å². The first kappa shape index (κ1) is 18.4. The molecule has 0 saturated heterocycles. The van der Waals surface area contributed by atoms with E-state index in [-0.39, 0.29) is 12.5 Å². The number of carbonyl (C=O) groups excluding carboxylic acids is 1. The number of hydrogen-bond acceptors (Lipinski definition) is 6. The summed E-state index contributed by atoms with van der Waals surface area (Å²) in [6.45, 7) is 3.92. The lowest BCUT2D eigenvalue weighted by atomic mass is 10.1. The number of aryl methyl sites for hydroxylation is 2. The molecule has 0 unspecified atom stereocenters. The Balaban J connectivity index is 1.48. The van der Waals surface area contributed by atoms with Crippen LogP contribution in [0.4, 0.5) is 5.13 Å². The van der Waals surface area contributed by atoms with Crippen molar-refractivity contribution in [2.75, 3.05) is 11.9 Å². The number of nitrogens with one attached hydrogen (secondary N) is 1. The molecule has 0 atom stereocenters. The van der Waals surface area contributed by atoms with Crippen molar-refractivity contribution in [3.05, 3.63) is 65.2 Å². The number of amides is 1. The molecule has 0 spiro atoms. The lowest BCUT2D eigenvalue weighted by molar-refractivity contribution is -0.118. The number of nitrogens with zero attached hydrogens (tertiary/aromatic N) is 2. The number of benzene rings is 2. The molecule has 1 amide bonds. The Morgan fingerprint density at radius 3 is 2.73 bits per heavy atom. The summed E-state index contributed by atoms with van der Waals surface area (Å²) in [4.78, 5) is 12.0. The normalized spacial score (nSPS) is 10.5. The summed E-state index contributed by atoms with van der Waals surface area (Å²) in [5.74, 6) is 1.28. The molecule has 0 bridgehead atoms. The van der Waals surface area contributed by atoms with E-state index in [9.17, 15) is 4.79 Å². The van der Waals surface area contributed by atoms with Crippen molar-refractivity contribution in [1.82, 2.24) is 10.2 Å². The van der Waals surface area contributed by atoms with Gasteiger partial charge < -0.3 is 4.74 Å². The summed E-state index contributed by atoms with van der Waals surface area (Å²) in [7, 11) is 0. The number of aromatic nitrogens is 2. The molecule has 0 aliphatic rings. The smallest absolute Gasteiger partial charge is 0.264 e. The van der Waals surface area contributed by atoms with Crippen molar-refractivity contribution in [2.24, 2.45) is 0 Å². The molecule has 5 nitrogen and oxygen atoms in total. The van der Waals surface area contributed by atoms with E-state index in [0.717, 1.165) is 21.2 Å². The average Bonchev–Trinajstić information content (AvgIpc) is 3.07. The Kier molecular flexibility index (Phi) is 6.25. The van der Waals surface area contributed by atoms with E-state index in [1.165, 1.54) is 16.9 Å². The second kappa shape index (κ2) is 8.82. The summed E-state index contributed by atoms with van der Waals surface area (Å²) in [5, 5.41) is 11.3. The number of ether oxygens (including phenoxy) is 1. The predicted molar refractivity (Wildman–Crippen MR) is 106 cm³/mol. The highest BCUT2D eigenvalue weighted by atomic mass is 32.2. The number of carbonyl (C=O) groups is 1. The van der Waals surface area contributed by atoms with Gasteiger partial charge in [-0.1, -0.05) is 71.1 Å². The van der Waals surface area contributed by atoms with E-state index in [4.69, 9.17) is 4.74 Å². The first-order valence-corrected chi connectivity index (χ1v) is 9.90. The highest BCUT2D eigenvalue weighted by Gasteiger charge is 2.10. The van der Waals surface area contributed by atoms with E-state index in [0.29, 0.717) is 10.9 Å². The summed E-state index contributed by atoms with van der Waals surface area (Å²) in [5.41, 5.74) is 3.39. The Labute approximate surface area is 160 Å². The molecule has 0 aliphatic heterocycles. The number of anilines is 1. The highest BCUT2D eigenvalue weighted by molar-refractivity contribution is 8.00. The van der Waals surface area contributed by atoms with Crippen molar-refractivity contribution >= 4 is 34.1 Å². The molecule has 7 heteroatoms. The van der Waals surface area contributed by atoms with Crippen LogP contribution in [0.1, 0.15) is 16.7 Å². The monoisotopic (exact) mass is 385 g/mol. The molecular formula is C19H19N3O2S2. The van der Waals surface area contributed by atoms with Gasteiger partial charge in [0.05, 0.1) is 0 Å². The third kappa shape index (κ3) is 5.31. The fourth-order valence-corrected chi connectivity index (χ4v) is 4.02. The van der Waals surface area contributed by atoms with Gasteiger partial charge in [-0.3, -0.25) is 10.1 Å². The minimum absolute atomic E-state index is 0.0596. The molecule has 1 heterocycles. The maximum atomic E-state index is 12.0. The summed E-state index contributed by atoms with van der Waals surface area (Å²) < 4.78 is 6.40. The quantitative estimate of drug-likeness (QED) is 0.480. The maximum Gasteiger partial charge on any atom is 0.264 e. The largest absolute Gasteiger partial charge is 0.483 e. The van der Waals surface area contributed by atoms with Crippen LogP contribution in [0.25, 0.3) is 0 Å². The lowest BCUT2D eigenvalue weighted by Crippen LogP contribution is -2.20. The zero-order chi connectivity index (χ0) is 18.4. The fraction of sp³-hybridized carbons (Fsp3) is 0.211. The van der Waals surface area contributed by atoms with Gasteiger partial charge in [-0.25, -0.2) is 0 Å². The Morgan fingerprint density at radius 1 is 1.15 bits per heavy atom. The van der Waals surface area contributed by atoms with Crippen LogP contribution in [0.3, 0.4) is 0 Å². The Hall–Kier alpha value is -2.38. The fourth-order valence-electron chi connectivity index (χ4n) is 2.30. The molecule has 3 rings (SSSR count). The van der Waals surface area contributed by atoms with E-state index in [2.05, 4.69) is 27.6 Å². The highest BCUT2D eigenvalue weighted by Crippen LogP contribution is 2.28. The van der Waals surface area contributed by atoms with Gasteiger partial charge in [0.1, 0.15) is 5.75 Å². The Morgan fingerprint density at radius 2 is 1.96 bits per heavy atom. The van der Waals surface area contributed by atoms with Crippen LogP contribution in [0, 0.1) is 13.8 Å². The maximum absolute atomic E-state index is 12.0. The van der Waals surface area contributed by atoms with Crippen molar-refractivity contribution in [2.45, 2.75) is 23.9 Å². The Bertz CT molecular complexity index is 882. The molecule has 26 heavy (non-hydrogen) atoms. The zero-order valence-electron chi connectivity index (χ0n) is 14.6. The summed E-state index contributed by atoms with van der Waals surface area (Å²) in [6, 6.07) is 16.0. The van der Waals surface area contributed by atoms with E-state index in [1.807, 2.05) is 50.2 Å². The minimum Gasteiger partial charge on any atom is -0.483 e. The second-order valence-corrected chi connectivity index (χ2v) is 7.95. The molecular weight excluding hydrogens is 366 g/mol. The third-order valence-electron chi connectivity index (χ3n) is 3.55. The molecule has 0 saturated carbocycles. The molecule has 1 N–H and O–H groups in total. The molecule has 1 aromatic heterocycles. The van der Waals surface area contributed by atoms with Crippen molar-refractivity contribution in [3.63, 3.8) is 0 Å². The number of thioether (sulfide) groups is 1. The van der Waals surface area contributed by atoms with Gasteiger partial charge >= 0.3 is 0 Å². The third-order valence-corrected chi connectivity index (χ3v) is 5.59. The van der Waals surface area contributed by atoms with Crippen LogP contribution in [0.15, 0.2) is 52.9 Å².